The van der Waals surface area contributed by atoms with Crippen LogP contribution >= 0.6 is 0 Å². The highest BCUT2D eigenvalue weighted by molar-refractivity contribution is 5.93. The smallest absolute Gasteiger partial charge is 0.206 e. The molecule has 1 unspecified atom stereocenters. The second kappa shape index (κ2) is 7.77. The topological polar surface area (TPSA) is 86.2 Å². The van der Waals surface area contributed by atoms with E-state index in [9.17, 15) is 0 Å². The Labute approximate surface area is 120 Å². The summed E-state index contributed by atoms with van der Waals surface area (Å²) in [6.07, 6.45) is 1.63. The summed E-state index contributed by atoms with van der Waals surface area (Å²) in [7, 11) is 3.81. The van der Waals surface area contributed by atoms with Crippen LogP contribution in [0.2, 0.25) is 0 Å². The Balaban J connectivity index is 2.60. The van der Waals surface area contributed by atoms with Crippen molar-refractivity contribution in [2.75, 3.05) is 14.1 Å². The molecular weight excluding hydrogens is 252 g/mol. The number of hydrogen-bond acceptors (Lipinski definition) is 5. The summed E-state index contributed by atoms with van der Waals surface area (Å²) in [6, 6.07) is 9.49. The summed E-state index contributed by atoms with van der Waals surface area (Å²) in [4.78, 5) is 1.93. The number of benzene rings is 1. The van der Waals surface area contributed by atoms with Gasteiger partial charge in [0.1, 0.15) is 0 Å². The number of nitrogens with one attached hydrogen (secondary N) is 2. The lowest BCUT2D eigenvalue weighted by Gasteiger charge is -2.25. The maximum Gasteiger partial charge on any atom is 0.206 e. The molecule has 4 N–H and O–H groups in total. The quantitative estimate of drug-likeness (QED) is 0.547. The zero-order valence-electron chi connectivity index (χ0n) is 12.4. The SMILES string of the molecule is C[C@H](N)C(=N)OC(=N)C(CCc1ccccc1)N(C)C. The minimum Gasteiger partial charge on any atom is -0.426 e. The number of aryl methyl sites for hydroxylation is 1. The zero-order valence-corrected chi connectivity index (χ0v) is 12.4. The predicted molar refractivity (Wildman–Crippen MR) is 82.4 cm³/mol. The lowest BCUT2D eigenvalue weighted by molar-refractivity contribution is 0.307. The first kappa shape index (κ1) is 16.3. The van der Waals surface area contributed by atoms with Gasteiger partial charge in [0.2, 0.25) is 11.8 Å². The van der Waals surface area contributed by atoms with Crippen LogP contribution < -0.4 is 5.73 Å². The molecule has 0 fully saturated rings. The van der Waals surface area contributed by atoms with E-state index in [1.54, 1.807) is 6.92 Å². The number of rotatable bonds is 6. The van der Waals surface area contributed by atoms with E-state index in [0.29, 0.717) is 0 Å². The molecule has 0 saturated heterocycles. The standard InChI is InChI=1S/C15H24N4O/c1-11(16)14(17)20-15(18)13(19(2)3)10-9-12-7-5-4-6-8-12/h4-8,11,13,17-18H,9-10,16H2,1-3H3/t11-,13?/m0/s1. The van der Waals surface area contributed by atoms with Crippen LogP contribution in [0.15, 0.2) is 30.3 Å². The van der Waals surface area contributed by atoms with Crippen molar-refractivity contribution in [3.63, 3.8) is 0 Å². The first-order valence-corrected chi connectivity index (χ1v) is 6.72. The van der Waals surface area contributed by atoms with Crippen molar-refractivity contribution in [1.82, 2.24) is 4.90 Å². The molecular formula is C15H24N4O. The maximum atomic E-state index is 8.01. The van der Waals surface area contributed by atoms with Gasteiger partial charge in [0.25, 0.3) is 0 Å². The molecule has 0 aliphatic rings. The van der Waals surface area contributed by atoms with E-state index < -0.39 is 6.04 Å². The van der Waals surface area contributed by atoms with Crippen LogP contribution in [0.1, 0.15) is 18.9 Å². The van der Waals surface area contributed by atoms with E-state index >= 15 is 0 Å². The van der Waals surface area contributed by atoms with Crippen LogP contribution in [0.3, 0.4) is 0 Å². The highest BCUT2D eigenvalue weighted by atomic mass is 16.5. The first-order chi connectivity index (χ1) is 9.41. The van der Waals surface area contributed by atoms with Crippen molar-refractivity contribution >= 4 is 11.8 Å². The van der Waals surface area contributed by atoms with Gasteiger partial charge in [-0.05, 0) is 39.4 Å². The Morgan fingerprint density at radius 2 is 1.80 bits per heavy atom. The third kappa shape index (κ3) is 5.11. The molecule has 2 atom stereocenters. The normalized spacial score (nSPS) is 13.8. The van der Waals surface area contributed by atoms with Crippen molar-refractivity contribution in [2.24, 2.45) is 5.73 Å². The van der Waals surface area contributed by atoms with Gasteiger partial charge in [0.05, 0.1) is 12.1 Å². The Kier molecular flexibility index (Phi) is 6.35. The van der Waals surface area contributed by atoms with Gasteiger partial charge in [-0.3, -0.25) is 15.7 Å². The molecule has 110 valence electrons. The van der Waals surface area contributed by atoms with Crippen LogP contribution in [0.4, 0.5) is 0 Å². The Hall–Kier alpha value is -1.72. The Bertz CT molecular complexity index is 442. The van der Waals surface area contributed by atoms with E-state index in [4.69, 9.17) is 21.3 Å². The maximum absolute atomic E-state index is 8.01. The van der Waals surface area contributed by atoms with E-state index in [0.717, 1.165) is 12.8 Å². The molecule has 0 radical (unpaired) electrons. The Morgan fingerprint density at radius 1 is 1.20 bits per heavy atom. The molecule has 20 heavy (non-hydrogen) atoms. The third-order valence-electron chi connectivity index (χ3n) is 3.11. The Morgan fingerprint density at radius 3 is 2.30 bits per heavy atom. The lowest BCUT2D eigenvalue weighted by atomic mass is 10.0. The lowest BCUT2D eigenvalue weighted by Crippen LogP contribution is -2.40. The van der Waals surface area contributed by atoms with Gasteiger partial charge in [0, 0.05) is 0 Å². The summed E-state index contributed by atoms with van der Waals surface area (Å²) in [5.41, 5.74) is 6.80. The van der Waals surface area contributed by atoms with Crippen LogP contribution in [-0.4, -0.2) is 42.9 Å². The largest absolute Gasteiger partial charge is 0.426 e. The van der Waals surface area contributed by atoms with Crippen LogP contribution in [-0.2, 0) is 11.2 Å². The average molecular weight is 276 g/mol. The van der Waals surface area contributed by atoms with Gasteiger partial charge < -0.3 is 10.5 Å². The van der Waals surface area contributed by atoms with Gasteiger partial charge in [0.15, 0.2) is 0 Å². The van der Waals surface area contributed by atoms with Crippen LogP contribution in [0.5, 0.6) is 0 Å². The molecule has 0 amide bonds. The summed E-state index contributed by atoms with van der Waals surface area (Å²) in [6.45, 7) is 1.67. The second-order valence-electron chi connectivity index (χ2n) is 5.12. The third-order valence-corrected chi connectivity index (χ3v) is 3.11. The van der Waals surface area contributed by atoms with E-state index in [1.165, 1.54) is 5.56 Å². The molecule has 1 rings (SSSR count). The average Bonchev–Trinajstić information content (AvgIpc) is 2.39. The van der Waals surface area contributed by atoms with Crippen molar-refractivity contribution in [1.29, 1.82) is 10.8 Å². The molecule has 0 saturated carbocycles. The van der Waals surface area contributed by atoms with Gasteiger partial charge >= 0.3 is 0 Å². The summed E-state index contributed by atoms with van der Waals surface area (Å²) in [5.74, 6) is 0.00907. The van der Waals surface area contributed by atoms with Gasteiger partial charge in [-0.25, -0.2) is 0 Å². The summed E-state index contributed by atoms with van der Waals surface area (Å²) >= 11 is 0. The number of hydrogen-bond donors (Lipinski definition) is 3. The number of nitrogens with zero attached hydrogens (tertiary/aromatic N) is 1. The minimum absolute atomic E-state index is 0.0680. The highest BCUT2D eigenvalue weighted by Gasteiger charge is 2.21. The number of nitrogens with two attached hydrogens (primary N) is 1. The molecule has 0 aliphatic heterocycles. The molecule has 5 heteroatoms. The van der Waals surface area contributed by atoms with Crippen molar-refractivity contribution in [2.45, 2.75) is 31.8 Å². The highest BCUT2D eigenvalue weighted by Crippen LogP contribution is 2.10. The minimum atomic E-state index is -0.493. The van der Waals surface area contributed by atoms with Crippen molar-refractivity contribution < 1.29 is 4.74 Å². The molecule has 0 aromatic heterocycles. The fraction of sp³-hybridized carbons (Fsp3) is 0.467. The van der Waals surface area contributed by atoms with Crippen LogP contribution in [0.25, 0.3) is 0 Å². The second-order valence-corrected chi connectivity index (χ2v) is 5.12. The van der Waals surface area contributed by atoms with E-state index in [-0.39, 0.29) is 17.8 Å². The van der Waals surface area contributed by atoms with Gasteiger partial charge in [-0.15, -0.1) is 0 Å². The van der Waals surface area contributed by atoms with Crippen LogP contribution in [0, 0.1) is 10.8 Å². The molecule has 0 spiro atoms. The van der Waals surface area contributed by atoms with Gasteiger partial charge in [-0.2, -0.15) is 0 Å². The molecule has 1 aromatic carbocycles. The monoisotopic (exact) mass is 276 g/mol. The zero-order chi connectivity index (χ0) is 15.1. The fourth-order valence-electron chi connectivity index (χ4n) is 1.85. The van der Waals surface area contributed by atoms with E-state index in [1.807, 2.05) is 37.2 Å². The summed E-state index contributed by atoms with van der Waals surface area (Å²) < 4.78 is 5.22. The fourth-order valence-corrected chi connectivity index (χ4v) is 1.85. The van der Waals surface area contributed by atoms with E-state index in [2.05, 4.69) is 12.1 Å². The van der Waals surface area contributed by atoms with Gasteiger partial charge in [-0.1, -0.05) is 30.3 Å². The molecule has 0 bridgehead atoms. The number of likely N-dealkylation sites (N-methyl/N-ethyl adjacent to an activating group) is 1. The molecule has 0 aliphatic carbocycles. The predicted octanol–water partition coefficient (Wildman–Crippen LogP) is 1.87. The summed E-state index contributed by atoms with van der Waals surface area (Å²) in [5, 5.41) is 15.6. The van der Waals surface area contributed by atoms with Crippen molar-refractivity contribution in [3.8, 4) is 0 Å². The molecule has 1 aromatic rings. The molecule has 5 nitrogen and oxygen atoms in total. The first-order valence-electron chi connectivity index (χ1n) is 6.72. The number of ether oxygens (including phenoxy) is 1. The van der Waals surface area contributed by atoms with Crippen molar-refractivity contribution in [3.05, 3.63) is 35.9 Å². The molecule has 0 heterocycles.